The first-order valence-corrected chi connectivity index (χ1v) is 10.2. The van der Waals surface area contributed by atoms with E-state index in [1.54, 1.807) is 24.7 Å². The maximum atomic E-state index is 13.3. The van der Waals surface area contributed by atoms with Gasteiger partial charge in [0.15, 0.2) is 11.0 Å². The number of halogens is 2. The molecule has 1 N–H and O–H groups in total. The van der Waals surface area contributed by atoms with Gasteiger partial charge in [-0.05, 0) is 42.5 Å². The van der Waals surface area contributed by atoms with Crippen molar-refractivity contribution >= 4 is 35.0 Å². The van der Waals surface area contributed by atoms with Crippen molar-refractivity contribution in [3.63, 3.8) is 0 Å². The number of nitrogens with zero attached hydrogens (tertiary/aromatic N) is 4. The van der Waals surface area contributed by atoms with Crippen LogP contribution in [0.15, 0.2) is 70.7 Å². The van der Waals surface area contributed by atoms with Gasteiger partial charge in [-0.15, -0.1) is 10.2 Å². The molecular weight excluding hydrogens is 429 g/mol. The summed E-state index contributed by atoms with van der Waals surface area (Å²) in [7, 11) is 0. The lowest BCUT2D eigenvalue weighted by molar-refractivity contribution is -0.113. The number of furan rings is 1. The first-order valence-electron chi connectivity index (χ1n) is 8.84. The second-order valence-electron chi connectivity index (χ2n) is 6.17. The van der Waals surface area contributed by atoms with Gasteiger partial charge in [0.05, 0.1) is 23.6 Å². The van der Waals surface area contributed by atoms with Crippen LogP contribution in [0.4, 0.5) is 10.1 Å². The molecule has 1 amide bonds. The van der Waals surface area contributed by atoms with Gasteiger partial charge in [-0.2, -0.15) is 0 Å². The van der Waals surface area contributed by atoms with Crippen molar-refractivity contribution < 1.29 is 13.6 Å². The lowest BCUT2D eigenvalue weighted by Gasteiger charge is -2.09. The summed E-state index contributed by atoms with van der Waals surface area (Å²) in [5, 5.41) is 11.7. The number of carbonyl (C=O) groups is 1. The Morgan fingerprint density at radius 1 is 1.20 bits per heavy atom. The molecule has 1 aromatic carbocycles. The molecule has 3 aromatic heterocycles. The van der Waals surface area contributed by atoms with Gasteiger partial charge < -0.3 is 9.73 Å². The van der Waals surface area contributed by atoms with Crippen LogP contribution >= 0.6 is 23.4 Å². The molecule has 0 saturated carbocycles. The van der Waals surface area contributed by atoms with E-state index in [4.69, 9.17) is 16.0 Å². The van der Waals surface area contributed by atoms with Gasteiger partial charge in [-0.25, -0.2) is 4.39 Å². The molecular formula is C20H15ClFN5O2S. The first kappa shape index (κ1) is 20.1. The number of aromatic nitrogens is 4. The Balaban J connectivity index is 1.51. The standard InChI is InChI=1S/C20H15ClFN5O2S/c21-16-10-14(3-4-17(16)22)24-18(28)12-30-20-26-25-19(13-5-7-23-8-6-13)27(20)11-15-2-1-9-29-15/h1-10H,11-12H2,(H,24,28). The molecule has 0 aliphatic heterocycles. The quantitative estimate of drug-likeness (QED) is 0.423. The van der Waals surface area contributed by atoms with Gasteiger partial charge in [0.25, 0.3) is 0 Å². The van der Waals surface area contributed by atoms with Gasteiger partial charge in [0.2, 0.25) is 5.91 Å². The molecule has 0 atom stereocenters. The van der Waals surface area contributed by atoms with E-state index in [2.05, 4.69) is 20.5 Å². The molecule has 4 aromatic rings. The van der Waals surface area contributed by atoms with Crippen LogP contribution in [0.3, 0.4) is 0 Å². The lowest BCUT2D eigenvalue weighted by Crippen LogP contribution is -2.15. The summed E-state index contributed by atoms with van der Waals surface area (Å²) in [5.41, 5.74) is 1.27. The van der Waals surface area contributed by atoms with Crippen LogP contribution in [0.2, 0.25) is 5.02 Å². The van der Waals surface area contributed by atoms with Crippen LogP contribution in [0, 0.1) is 5.82 Å². The van der Waals surface area contributed by atoms with E-state index in [9.17, 15) is 9.18 Å². The number of rotatable bonds is 7. The molecule has 0 radical (unpaired) electrons. The zero-order valence-electron chi connectivity index (χ0n) is 15.5. The molecule has 3 heterocycles. The Morgan fingerprint density at radius 2 is 2.03 bits per heavy atom. The lowest BCUT2D eigenvalue weighted by atomic mass is 10.2. The fraction of sp³-hybridized carbons (Fsp3) is 0.100. The fourth-order valence-electron chi connectivity index (χ4n) is 2.71. The summed E-state index contributed by atoms with van der Waals surface area (Å²) in [4.78, 5) is 16.4. The predicted molar refractivity (Wildman–Crippen MR) is 112 cm³/mol. The number of pyridine rings is 1. The van der Waals surface area contributed by atoms with E-state index >= 15 is 0 Å². The summed E-state index contributed by atoms with van der Waals surface area (Å²) >= 11 is 6.99. The Kier molecular flexibility index (Phi) is 6.10. The largest absolute Gasteiger partial charge is 0.467 e. The summed E-state index contributed by atoms with van der Waals surface area (Å²) in [5.74, 6) is 0.639. The SMILES string of the molecule is O=C(CSc1nnc(-c2ccncc2)n1Cc1ccco1)Nc1ccc(F)c(Cl)c1. The molecule has 30 heavy (non-hydrogen) atoms. The van der Waals surface area contributed by atoms with Crippen LogP contribution in [0.5, 0.6) is 0 Å². The highest BCUT2D eigenvalue weighted by Gasteiger charge is 2.17. The number of anilines is 1. The van der Waals surface area contributed by atoms with E-state index in [1.165, 1.54) is 30.0 Å². The van der Waals surface area contributed by atoms with Gasteiger partial charge in [0.1, 0.15) is 11.6 Å². The molecule has 0 bridgehead atoms. The van der Waals surface area contributed by atoms with Gasteiger partial charge in [0, 0.05) is 23.6 Å². The normalized spacial score (nSPS) is 10.9. The van der Waals surface area contributed by atoms with Crippen LogP contribution in [0.25, 0.3) is 11.4 Å². The van der Waals surface area contributed by atoms with E-state index in [-0.39, 0.29) is 16.7 Å². The third-order valence-electron chi connectivity index (χ3n) is 4.09. The Bertz CT molecular complexity index is 1150. The average molecular weight is 444 g/mol. The topological polar surface area (TPSA) is 85.8 Å². The molecule has 4 rings (SSSR count). The fourth-order valence-corrected chi connectivity index (χ4v) is 3.63. The second kappa shape index (κ2) is 9.10. The molecule has 0 aliphatic carbocycles. The van der Waals surface area contributed by atoms with Crippen molar-refractivity contribution in [1.82, 2.24) is 19.7 Å². The predicted octanol–water partition coefficient (Wildman–Crippen LogP) is 4.50. The van der Waals surface area contributed by atoms with E-state index < -0.39 is 5.82 Å². The van der Waals surface area contributed by atoms with Crippen LogP contribution < -0.4 is 5.32 Å². The number of nitrogens with one attached hydrogen (secondary N) is 1. The molecule has 7 nitrogen and oxygen atoms in total. The maximum absolute atomic E-state index is 13.3. The number of hydrogen-bond donors (Lipinski definition) is 1. The van der Waals surface area contributed by atoms with Gasteiger partial charge >= 0.3 is 0 Å². The maximum Gasteiger partial charge on any atom is 0.234 e. The molecule has 0 saturated heterocycles. The summed E-state index contributed by atoms with van der Waals surface area (Å²) in [6, 6.07) is 11.3. The average Bonchev–Trinajstić information content (AvgIpc) is 3.40. The highest BCUT2D eigenvalue weighted by atomic mass is 35.5. The smallest absolute Gasteiger partial charge is 0.234 e. The highest BCUT2D eigenvalue weighted by Crippen LogP contribution is 2.25. The molecule has 10 heteroatoms. The van der Waals surface area contributed by atoms with Crippen LogP contribution in [-0.2, 0) is 11.3 Å². The van der Waals surface area contributed by atoms with E-state index in [0.717, 1.165) is 11.3 Å². The van der Waals surface area contributed by atoms with Crippen molar-refractivity contribution in [3.05, 3.63) is 77.7 Å². The van der Waals surface area contributed by atoms with Crippen molar-refractivity contribution in [3.8, 4) is 11.4 Å². The first-order chi connectivity index (χ1) is 14.6. The summed E-state index contributed by atoms with van der Waals surface area (Å²) in [6.07, 6.45) is 4.95. The molecule has 0 aliphatic rings. The third kappa shape index (κ3) is 4.69. The molecule has 152 valence electrons. The number of hydrogen-bond acceptors (Lipinski definition) is 6. The van der Waals surface area contributed by atoms with Crippen molar-refractivity contribution in [1.29, 1.82) is 0 Å². The molecule has 0 spiro atoms. The van der Waals surface area contributed by atoms with Crippen LogP contribution in [0.1, 0.15) is 5.76 Å². The van der Waals surface area contributed by atoms with E-state index in [0.29, 0.717) is 23.2 Å². The van der Waals surface area contributed by atoms with Gasteiger partial charge in [-0.1, -0.05) is 23.4 Å². The summed E-state index contributed by atoms with van der Waals surface area (Å²) < 4.78 is 20.6. The Hall–Kier alpha value is -3.17. The number of amides is 1. The summed E-state index contributed by atoms with van der Waals surface area (Å²) in [6.45, 7) is 0.412. The van der Waals surface area contributed by atoms with Gasteiger partial charge in [-0.3, -0.25) is 14.3 Å². The van der Waals surface area contributed by atoms with Crippen molar-refractivity contribution in [2.45, 2.75) is 11.7 Å². The van der Waals surface area contributed by atoms with E-state index in [1.807, 2.05) is 22.8 Å². The Labute approximate surface area is 180 Å². The number of thioether (sulfide) groups is 1. The van der Waals surface area contributed by atoms with Crippen molar-refractivity contribution in [2.75, 3.05) is 11.1 Å². The minimum atomic E-state index is -0.543. The van der Waals surface area contributed by atoms with Crippen LogP contribution in [-0.4, -0.2) is 31.4 Å². The minimum absolute atomic E-state index is 0.0550. The number of carbonyl (C=O) groups excluding carboxylic acids is 1. The zero-order valence-corrected chi connectivity index (χ0v) is 17.0. The Morgan fingerprint density at radius 3 is 2.77 bits per heavy atom. The van der Waals surface area contributed by atoms with Crippen molar-refractivity contribution in [2.24, 2.45) is 0 Å². The molecule has 0 fully saturated rings. The minimum Gasteiger partial charge on any atom is -0.467 e. The third-order valence-corrected chi connectivity index (χ3v) is 5.34. The zero-order chi connectivity index (χ0) is 20.9. The highest BCUT2D eigenvalue weighted by molar-refractivity contribution is 7.99. The monoisotopic (exact) mass is 443 g/mol. The number of benzene rings is 1. The second-order valence-corrected chi connectivity index (χ2v) is 7.52. The molecule has 0 unspecified atom stereocenters.